The van der Waals surface area contributed by atoms with Gasteiger partial charge in [0.25, 0.3) is 0 Å². The molecule has 0 aromatic rings. The highest BCUT2D eigenvalue weighted by molar-refractivity contribution is 5.14. The van der Waals surface area contributed by atoms with Gasteiger partial charge in [-0.15, -0.1) is 4.68 Å². The molecule has 1 heterocycles. The monoisotopic (exact) mass is 167 g/mol. The van der Waals surface area contributed by atoms with Gasteiger partial charge in [0.2, 0.25) is 0 Å². The molecule has 0 radical (unpaired) electrons. The molecule has 0 spiro atoms. The Bertz CT molecular complexity index is 198. The van der Waals surface area contributed by atoms with E-state index in [9.17, 15) is 0 Å². The third kappa shape index (κ3) is 0.970. The van der Waals surface area contributed by atoms with Crippen LogP contribution in [0.3, 0.4) is 0 Å². The first-order chi connectivity index (χ1) is 5.74. The van der Waals surface area contributed by atoms with Crippen LogP contribution >= 0.6 is 0 Å². The Labute approximate surface area is 74.8 Å². The smallest absolute Gasteiger partial charge is 0.161 e. The van der Waals surface area contributed by atoms with E-state index in [0.717, 1.165) is 17.9 Å². The predicted molar refractivity (Wildman–Crippen MR) is 50.3 cm³/mol. The van der Waals surface area contributed by atoms with Crippen LogP contribution in [0.5, 0.6) is 0 Å². The number of nitrogens with zero attached hydrogens (tertiary/aromatic N) is 2. The van der Waals surface area contributed by atoms with Gasteiger partial charge in [0, 0.05) is 0 Å². The summed E-state index contributed by atoms with van der Waals surface area (Å²) in [6.45, 7) is 7.52. The van der Waals surface area contributed by atoms with Crippen molar-refractivity contribution in [1.82, 2.24) is 5.01 Å². The molecule has 2 aliphatic rings. The largest absolute Gasteiger partial charge is 0.183 e. The molecule has 2 nitrogen and oxygen atoms in total. The van der Waals surface area contributed by atoms with Crippen molar-refractivity contribution in [3.63, 3.8) is 0 Å². The summed E-state index contributed by atoms with van der Waals surface area (Å²) < 4.78 is 2.03. The van der Waals surface area contributed by atoms with Crippen LogP contribution in [0.2, 0.25) is 0 Å². The van der Waals surface area contributed by atoms with Gasteiger partial charge in [-0.05, 0) is 24.7 Å². The summed E-state index contributed by atoms with van der Waals surface area (Å²) in [4.78, 5) is 0. The van der Waals surface area contributed by atoms with Crippen molar-refractivity contribution < 1.29 is 4.68 Å². The van der Waals surface area contributed by atoms with Crippen molar-refractivity contribution in [2.45, 2.75) is 32.2 Å². The topological polar surface area (TPSA) is 6.25 Å². The van der Waals surface area contributed by atoms with Crippen LogP contribution in [0.4, 0.5) is 0 Å². The fraction of sp³-hybridized carbons (Fsp3) is 0.900. The van der Waals surface area contributed by atoms with Crippen LogP contribution in [0.15, 0.2) is 0 Å². The third-order valence-corrected chi connectivity index (χ3v) is 3.66. The molecule has 1 aliphatic heterocycles. The molecule has 0 aromatic heterocycles. The van der Waals surface area contributed by atoms with E-state index in [1.54, 1.807) is 0 Å². The van der Waals surface area contributed by atoms with E-state index in [2.05, 4.69) is 25.7 Å². The maximum absolute atomic E-state index is 3.97. The zero-order chi connectivity index (χ0) is 8.72. The molecular formula is C10H19N2+. The molecular weight excluding hydrogens is 148 g/mol. The SMILES string of the molecule is C=[N+](C)N1CC(CC)C2CCC21. The Morgan fingerprint density at radius 3 is 2.50 bits per heavy atom. The lowest BCUT2D eigenvalue weighted by molar-refractivity contribution is -0.668. The molecule has 3 unspecified atom stereocenters. The minimum Gasteiger partial charge on any atom is -0.183 e. The lowest BCUT2D eigenvalue weighted by Gasteiger charge is -2.34. The summed E-state index contributed by atoms with van der Waals surface area (Å²) in [5.74, 6) is 1.92. The summed E-state index contributed by atoms with van der Waals surface area (Å²) in [7, 11) is 2.06. The Morgan fingerprint density at radius 2 is 2.25 bits per heavy atom. The van der Waals surface area contributed by atoms with Crippen LogP contribution in [0.1, 0.15) is 26.2 Å². The summed E-state index contributed by atoms with van der Waals surface area (Å²) in [5, 5.41) is 2.45. The van der Waals surface area contributed by atoms with E-state index >= 15 is 0 Å². The van der Waals surface area contributed by atoms with Crippen molar-refractivity contribution in [3.05, 3.63) is 0 Å². The number of fused-ring (bicyclic) bond motifs is 1. The van der Waals surface area contributed by atoms with Gasteiger partial charge in [-0.1, -0.05) is 13.3 Å². The predicted octanol–water partition coefficient (Wildman–Crippen LogP) is 1.36. The van der Waals surface area contributed by atoms with E-state index in [1.807, 2.05) is 4.68 Å². The van der Waals surface area contributed by atoms with E-state index in [4.69, 9.17) is 0 Å². The minimum absolute atomic E-state index is 0.831. The molecule has 2 heteroatoms. The number of hydrazone groups is 1. The Kier molecular flexibility index (Phi) is 1.85. The molecule has 0 aromatic carbocycles. The number of hydrogen-bond donors (Lipinski definition) is 0. The second kappa shape index (κ2) is 2.75. The molecule has 1 aliphatic carbocycles. The molecule has 2 rings (SSSR count). The van der Waals surface area contributed by atoms with Gasteiger partial charge in [0.15, 0.2) is 13.8 Å². The lowest BCUT2D eigenvalue weighted by atomic mass is 9.74. The second-order valence-electron chi connectivity index (χ2n) is 4.26. The first kappa shape index (κ1) is 8.09. The Hall–Kier alpha value is -0.530. The van der Waals surface area contributed by atoms with Crippen molar-refractivity contribution in [2.75, 3.05) is 13.6 Å². The summed E-state index contributed by atoms with van der Waals surface area (Å²) in [6, 6.07) is 0.831. The summed E-state index contributed by atoms with van der Waals surface area (Å²) in [5.41, 5.74) is 0. The number of rotatable bonds is 2. The van der Waals surface area contributed by atoms with E-state index in [-0.39, 0.29) is 0 Å². The van der Waals surface area contributed by atoms with Crippen LogP contribution in [0.25, 0.3) is 0 Å². The van der Waals surface area contributed by atoms with Gasteiger partial charge in [-0.25, -0.2) is 0 Å². The zero-order valence-electron chi connectivity index (χ0n) is 8.16. The van der Waals surface area contributed by atoms with Gasteiger partial charge in [0.05, 0.1) is 12.6 Å². The molecule has 1 saturated heterocycles. The summed E-state index contributed by atoms with van der Waals surface area (Å²) >= 11 is 0. The molecule has 3 atom stereocenters. The van der Waals surface area contributed by atoms with E-state index < -0.39 is 0 Å². The van der Waals surface area contributed by atoms with Crippen LogP contribution < -0.4 is 0 Å². The van der Waals surface area contributed by atoms with Crippen LogP contribution in [-0.4, -0.2) is 36.0 Å². The second-order valence-corrected chi connectivity index (χ2v) is 4.26. The average Bonchev–Trinajstić information content (AvgIpc) is 2.22. The zero-order valence-corrected chi connectivity index (χ0v) is 8.16. The van der Waals surface area contributed by atoms with Crippen molar-refractivity contribution in [1.29, 1.82) is 0 Å². The molecule has 0 amide bonds. The molecule has 12 heavy (non-hydrogen) atoms. The maximum atomic E-state index is 3.97. The Morgan fingerprint density at radius 1 is 1.50 bits per heavy atom. The molecule has 68 valence electrons. The first-order valence-electron chi connectivity index (χ1n) is 5.04. The summed E-state index contributed by atoms with van der Waals surface area (Å²) in [6.07, 6.45) is 4.18. The van der Waals surface area contributed by atoms with Gasteiger partial charge in [-0.3, -0.25) is 0 Å². The fourth-order valence-corrected chi connectivity index (χ4v) is 2.76. The standard InChI is InChI=1S/C10H19N2/c1-4-8-7-12(11(2)3)10-6-5-9(8)10/h8-10H,2,4-7H2,1,3H3/q+1. The van der Waals surface area contributed by atoms with Gasteiger partial charge >= 0.3 is 0 Å². The van der Waals surface area contributed by atoms with Crippen LogP contribution in [0, 0.1) is 11.8 Å². The lowest BCUT2D eigenvalue weighted by Crippen LogP contribution is -2.43. The van der Waals surface area contributed by atoms with Crippen molar-refractivity contribution >= 4 is 6.72 Å². The van der Waals surface area contributed by atoms with Crippen molar-refractivity contribution in [3.8, 4) is 0 Å². The molecule has 1 saturated carbocycles. The average molecular weight is 167 g/mol. The van der Waals surface area contributed by atoms with Gasteiger partial charge < -0.3 is 0 Å². The normalized spacial score (nSPS) is 39.2. The van der Waals surface area contributed by atoms with Gasteiger partial charge in [-0.2, -0.15) is 5.01 Å². The van der Waals surface area contributed by atoms with Crippen LogP contribution in [-0.2, 0) is 0 Å². The fourth-order valence-electron chi connectivity index (χ4n) is 2.76. The minimum atomic E-state index is 0.831. The first-order valence-corrected chi connectivity index (χ1v) is 5.04. The highest BCUT2D eigenvalue weighted by Gasteiger charge is 2.49. The maximum Gasteiger partial charge on any atom is 0.161 e. The highest BCUT2D eigenvalue weighted by atomic mass is 15.6. The van der Waals surface area contributed by atoms with E-state index in [1.165, 1.54) is 25.8 Å². The van der Waals surface area contributed by atoms with E-state index in [0.29, 0.717) is 0 Å². The third-order valence-electron chi connectivity index (χ3n) is 3.66. The highest BCUT2D eigenvalue weighted by Crippen LogP contribution is 2.44. The Balaban J connectivity index is 2.07. The molecule has 0 N–H and O–H groups in total. The molecule has 0 bridgehead atoms. The quantitative estimate of drug-likeness (QED) is 0.444. The molecule has 2 fully saturated rings. The number of hydrazine groups is 1. The van der Waals surface area contributed by atoms with Gasteiger partial charge in [0.1, 0.15) is 0 Å². The number of hydrogen-bond acceptors (Lipinski definition) is 1. The van der Waals surface area contributed by atoms with Crippen molar-refractivity contribution in [2.24, 2.45) is 11.8 Å².